The molecule has 1 fully saturated rings. The summed E-state index contributed by atoms with van der Waals surface area (Å²) >= 11 is 6.47. The summed E-state index contributed by atoms with van der Waals surface area (Å²) in [7, 11) is 0. The Hall–Kier alpha value is -2.64. The number of phenolic OH excluding ortho intramolecular Hbond substituents is 1. The number of phenols is 1. The number of aryl methyl sites for hydroxylation is 2. The Morgan fingerprint density at radius 1 is 1.24 bits per heavy atom. The molecule has 3 aromatic rings. The predicted octanol–water partition coefficient (Wildman–Crippen LogP) is 5.76. The number of piperidine rings is 1. The Morgan fingerprint density at radius 3 is 2.70 bits per heavy atom. The highest BCUT2D eigenvalue weighted by atomic mass is 35.5. The summed E-state index contributed by atoms with van der Waals surface area (Å²) in [6.07, 6.45) is 3.27. The largest absolute Gasteiger partial charge is 0.508 e. The van der Waals surface area contributed by atoms with E-state index in [0.29, 0.717) is 34.3 Å². The van der Waals surface area contributed by atoms with Gasteiger partial charge in [0.2, 0.25) is 0 Å². The van der Waals surface area contributed by atoms with Crippen molar-refractivity contribution < 1.29 is 9.63 Å². The second kappa shape index (κ2) is 9.69. The third kappa shape index (κ3) is 4.84. The molecule has 2 unspecified atom stereocenters. The Kier molecular flexibility index (Phi) is 6.91. The summed E-state index contributed by atoms with van der Waals surface area (Å²) in [4.78, 5) is 12.3. The van der Waals surface area contributed by atoms with E-state index in [9.17, 15) is 5.11 Å². The number of rotatable bonds is 6. The average Bonchev–Trinajstić information content (AvgIpc) is 3.11. The molecule has 0 aliphatic carbocycles. The summed E-state index contributed by atoms with van der Waals surface area (Å²) in [5, 5.41) is 18.4. The highest BCUT2D eigenvalue weighted by Crippen LogP contribution is 2.36. The molecule has 33 heavy (non-hydrogen) atoms. The van der Waals surface area contributed by atoms with E-state index >= 15 is 0 Å². The van der Waals surface area contributed by atoms with Gasteiger partial charge in [-0.3, -0.25) is 0 Å². The molecule has 2 atom stereocenters. The maximum absolute atomic E-state index is 10.1. The Morgan fingerprint density at radius 2 is 2.03 bits per heavy atom. The lowest BCUT2D eigenvalue weighted by molar-refractivity contribution is 0.153. The zero-order valence-electron chi connectivity index (χ0n) is 19.9. The van der Waals surface area contributed by atoms with Gasteiger partial charge in [-0.15, -0.1) is 0 Å². The number of nitrogens with one attached hydrogen (secondary N) is 1. The number of likely N-dealkylation sites (tertiary alicyclic amines) is 1. The van der Waals surface area contributed by atoms with E-state index in [0.717, 1.165) is 54.3 Å². The Balaban J connectivity index is 1.77. The molecule has 7 nitrogen and oxygen atoms in total. The summed E-state index contributed by atoms with van der Waals surface area (Å²) in [6, 6.07) is 5.63. The van der Waals surface area contributed by atoms with Crippen molar-refractivity contribution in [3.05, 3.63) is 40.2 Å². The van der Waals surface area contributed by atoms with Crippen LogP contribution in [0.25, 0.3) is 22.6 Å². The summed E-state index contributed by atoms with van der Waals surface area (Å²) in [5.74, 6) is 2.05. The van der Waals surface area contributed by atoms with Gasteiger partial charge in [-0.05, 0) is 71.7 Å². The van der Waals surface area contributed by atoms with Crippen molar-refractivity contribution in [2.24, 2.45) is 0 Å². The molecule has 8 heteroatoms. The minimum absolute atomic E-state index is 0.115. The van der Waals surface area contributed by atoms with Crippen LogP contribution in [-0.2, 0) is 0 Å². The molecule has 0 saturated carbocycles. The first-order chi connectivity index (χ1) is 15.8. The third-order valence-electron chi connectivity index (χ3n) is 6.47. The molecule has 0 amide bonds. The minimum atomic E-state index is 0.115. The van der Waals surface area contributed by atoms with E-state index in [2.05, 4.69) is 29.2 Å². The monoisotopic (exact) mass is 469 g/mol. The molecule has 4 rings (SSSR count). The Labute approximate surface area is 200 Å². The normalized spacial score (nSPS) is 19.1. The van der Waals surface area contributed by atoms with Crippen LogP contribution >= 0.6 is 11.6 Å². The van der Waals surface area contributed by atoms with Gasteiger partial charge in [-0.25, -0.2) is 9.97 Å². The lowest BCUT2D eigenvalue weighted by atomic mass is 9.97. The van der Waals surface area contributed by atoms with Crippen molar-refractivity contribution in [2.45, 2.75) is 66.0 Å². The molecule has 3 heterocycles. The molecule has 0 bridgehead atoms. The maximum atomic E-state index is 10.1. The number of halogens is 1. The van der Waals surface area contributed by atoms with Crippen molar-refractivity contribution in [2.75, 3.05) is 18.4 Å². The van der Waals surface area contributed by atoms with E-state index < -0.39 is 0 Å². The van der Waals surface area contributed by atoms with Gasteiger partial charge in [-0.2, -0.15) is 0 Å². The van der Waals surface area contributed by atoms with Gasteiger partial charge in [0.05, 0.1) is 22.0 Å². The summed E-state index contributed by atoms with van der Waals surface area (Å²) in [6.45, 7) is 12.5. The van der Waals surface area contributed by atoms with E-state index in [4.69, 9.17) is 26.1 Å². The van der Waals surface area contributed by atoms with E-state index in [1.54, 1.807) is 18.2 Å². The molecule has 0 radical (unpaired) electrons. The van der Waals surface area contributed by atoms with Crippen molar-refractivity contribution in [3.63, 3.8) is 0 Å². The second-order valence-electron chi connectivity index (χ2n) is 8.98. The molecule has 1 aliphatic rings. The van der Waals surface area contributed by atoms with Gasteiger partial charge in [0.25, 0.3) is 0 Å². The SMILES string of the molecule is CCCN1CCC(Nc2nc(-c3cc(O)ccc3Cl)nc(-c3c(C)noc3C)c2C)CC1C. The van der Waals surface area contributed by atoms with E-state index in [1.165, 1.54) is 6.42 Å². The first kappa shape index (κ1) is 23.5. The third-order valence-corrected chi connectivity index (χ3v) is 6.80. The van der Waals surface area contributed by atoms with Crippen molar-refractivity contribution in [3.8, 4) is 28.4 Å². The van der Waals surface area contributed by atoms with E-state index in [1.807, 2.05) is 20.8 Å². The number of anilines is 1. The zero-order valence-corrected chi connectivity index (χ0v) is 20.7. The van der Waals surface area contributed by atoms with Crippen LogP contribution in [0.1, 0.15) is 50.1 Å². The van der Waals surface area contributed by atoms with Crippen LogP contribution in [0.5, 0.6) is 5.75 Å². The first-order valence-corrected chi connectivity index (χ1v) is 12.0. The van der Waals surface area contributed by atoms with Crippen LogP contribution in [0.2, 0.25) is 5.02 Å². The fraction of sp³-hybridized carbons (Fsp3) is 0.480. The lowest BCUT2D eigenvalue weighted by Gasteiger charge is -2.38. The van der Waals surface area contributed by atoms with Crippen LogP contribution in [0.4, 0.5) is 5.82 Å². The fourth-order valence-corrected chi connectivity index (χ4v) is 4.89. The molecule has 1 aliphatic heterocycles. The number of aromatic nitrogens is 3. The highest BCUT2D eigenvalue weighted by molar-refractivity contribution is 6.33. The van der Waals surface area contributed by atoms with Gasteiger partial charge in [0, 0.05) is 29.8 Å². The van der Waals surface area contributed by atoms with E-state index in [-0.39, 0.29) is 5.75 Å². The van der Waals surface area contributed by atoms with Crippen LogP contribution in [0, 0.1) is 20.8 Å². The molecule has 2 N–H and O–H groups in total. The number of hydrogen-bond acceptors (Lipinski definition) is 7. The van der Waals surface area contributed by atoms with Gasteiger partial charge in [-0.1, -0.05) is 23.7 Å². The van der Waals surface area contributed by atoms with Gasteiger partial charge in [0.1, 0.15) is 17.3 Å². The number of aromatic hydroxyl groups is 1. The van der Waals surface area contributed by atoms with Crippen molar-refractivity contribution in [1.82, 2.24) is 20.0 Å². The second-order valence-corrected chi connectivity index (χ2v) is 9.39. The molecular formula is C25H32ClN5O2. The summed E-state index contributed by atoms with van der Waals surface area (Å²) in [5.41, 5.74) is 3.91. The highest BCUT2D eigenvalue weighted by Gasteiger charge is 2.27. The smallest absolute Gasteiger partial charge is 0.163 e. The zero-order chi connectivity index (χ0) is 23.7. The number of hydrogen-bond donors (Lipinski definition) is 2. The first-order valence-electron chi connectivity index (χ1n) is 11.6. The molecule has 1 aromatic carbocycles. The van der Waals surface area contributed by atoms with Crippen LogP contribution < -0.4 is 5.32 Å². The standard InChI is InChI=1S/C25H32ClN5O2/c1-6-10-31-11-9-18(12-14(31)2)27-24-15(3)23(22-16(4)30-33-17(22)5)28-25(29-24)20-13-19(32)7-8-21(20)26/h7-8,13-14,18,32H,6,9-12H2,1-5H3,(H,27,28,29). The molecule has 2 aromatic heterocycles. The Bertz CT molecular complexity index is 1130. The fourth-order valence-electron chi connectivity index (χ4n) is 4.69. The number of nitrogens with zero attached hydrogens (tertiary/aromatic N) is 4. The molecular weight excluding hydrogens is 438 g/mol. The predicted molar refractivity (Wildman–Crippen MR) is 132 cm³/mol. The quantitative estimate of drug-likeness (QED) is 0.474. The lowest BCUT2D eigenvalue weighted by Crippen LogP contribution is -2.45. The molecule has 1 saturated heterocycles. The van der Waals surface area contributed by atoms with Crippen LogP contribution in [0.15, 0.2) is 22.7 Å². The van der Waals surface area contributed by atoms with Gasteiger partial charge < -0.3 is 19.8 Å². The molecule has 0 spiro atoms. The topological polar surface area (TPSA) is 87.3 Å². The number of benzene rings is 1. The minimum Gasteiger partial charge on any atom is -0.508 e. The van der Waals surface area contributed by atoms with Gasteiger partial charge >= 0.3 is 0 Å². The van der Waals surface area contributed by atoms with Crippen molar-refractivity contribution in [1.29, 1.82) is 0 Å². The molecule has 176 valence electrons. The van der Waals surface area contributed by atoms with Gasteiger partial charge in [0.15, 0.2) is 5.82 Å². The summed E-state index contributed by atoms with van der Waals surface area (Å²) < 4.78 is 5.43. The van der Waals surface area contributed by atoms with Crippen LogP contribution in [0.3, 0.4) is 0 Å². The van der Waals surface area contributed by atoms with Crippen molar-refractivity contribution >= 4 is 17.4 Å². The maximum Gasteiger partial charge on any atom is 0.163 e. The van der Waals surface area contributed by atoms with Crippen LogP contribution in [-0.4, -0.2) is 50.3 Å². The average molecular weight is 470 g/mol.